The predicted molar refractivity (Wildman–Crippen MR) is 107 cm³/mol. The second-order valence-electron chi connectivity index (χ2n) is 6.52. The zero-order valence-electron chi connectivity index (χ0n) is 16.4. The molecule has 0 spiro atoms. The predicted octanol–water partition coefficient (Wildman–Crippen LogP) is 1.33. The van der Waals surface area contributed by atoms with E-state index in [0.29, 0.717) is 26.2 Å². The third-order valence-corrected chi connectivity index (χ3v) is 4.07. The zero-order chi connectivity index (χ0) is 20.8. The molecule has 0 radical (unpaired) electrons. The quantitative estimate of drug-likeness (QED) is 0.355. The van der Waals surface area contributed by atoms with Crippen LogP contribution in [0, 0.1) is 5.92 Å². The van der Waals surface area contributed by atoms with Crippen LogP contribution in [0.3, 0.4) is 0 Å². The van der Waals surface area contributed by atoms with Crippen molar-refractivity contribution in [3.8, 4) is 0 Å². The summed E-state index contributed by atoms with van der Waals surface area (Å²) >= 11 is 5.35. The minimum Gasteiger partial charge on any atom is -0.377 e. The van der Waals surface area contributed by atoms with Crippen molar-refractivity contribution in [3.63, 3.8) is 0 Å². The van der Waals surface area contributed by atoms with Gasteiger partial charge in [0.2, 0.25) is 11.8 Å². The lowest BCUT2D eigenvalue weighted by atomic mass is 9.95. The number of halogens is 1. The largest absolute Gasteiger partial charge is 0.377 e. The Kier molecular flexibility index (Phi) is 12.1. The van der Waals surface area contributed by atoms with Gasteiger partial charge in [0.25, 0.3) is 0 Å². The number of ketones is 1. The fraction of sp³-hybridized carbons (Fsp3) is 0.550. The number of hydrogen-bond donors (Lipinski definition) is 2. The lowest BCUT2D eigenvalue weighted by Crippen LogP contribution is -2.45. The van der Waals surface area contributed by atoms with E-state index in [1.807, 2.05) is 44.2 Å². The molecule has 8 heteroatoms. The van der Waals surface area contributed by atoms with Gasteiger partial charge in [-0.1, -0.05) is 44.2 Å². The van der Waals surface area contributed by atoms with Gasteiger partial charge in [-0.15, -0.1) is 11.6 Å². The number of Topliss-reactive ketones (excluding diaryl/α,β-unsaturated/α-hetero) is 1. The number of alkyl halides is 1. The first-order valence-electron chi connectivity index (χ1n) is 9.29. The summed E-state index contributed by atoms with van der Waals surface area (Å²) in [7, 11) is 0. The van der Waals surface area contributed by atoms with Gasteiger partial charge in [0.1, 0.15) is 12.5 Å². The summed E-state index contributed by atoms with van der Waals surface area (Å²) in [6, 6.07) is 8.98. The Balaban J connectivity index is 2.29. The third-order valence-electron chi connectivity index (χ3n) is 3.83. The molecule has 0 saturated carbocycles. The summed E-state index contributed by atoms with van der Waals surface area (Å²) in [5.41, 5.74) is 0.984. The molecule has 0 bridgehead atoms. The molecule has 0 aliphatic rings. The molecule has 0 saturated heterocycles. The Hall–Kier alpha value is -1.96. The van der Waals surface area contributed by atoms with Crippen LogP contribution < -0.4 is 10.6 Å². The second-order valence-corrected chi connectivity index (χ2v) is 6.78. The lowest BCUT2D eigenvalue weighted by Gasteiger charge is -2.20. The van der Waals surface area contributed by atoms with Gasteiger partial charge >= 0.3 is 0 Å². The van der Waals surface area contributed by atoms with E-state index in [-0.39, 0.29) is 42.6 Å². The monoisotopic (exact) mass is 412 g/mol. The van der Waals surface area contributed by atoms with E-state index in [1.54, 1.807) is 0 Å². The average molecular weight is 413 g/mol. The van der Waals surface area contributed by atoms with Gasteiger partial charge in [-0.25, -0.2) is 0 Å². The minimum atomic E-state index is -0.583. The standard InChI is InChI=1S/C20H29ClN2O5/c1-15(2)20(26)17(12-16-6-4-3-5-7-16)23-19(25)14-28-11-10-27-9-8-22-18(24)13-21/h3-7,15,17H,8-14H2,1-2H3,(H,22,24)(H,23,25)/t17-/m0/s1. The van der Waals surface area contributed by atoms with Crippen LogP contribution in [0.4, 0.5) is 0 Å². The van der Waals surface area contributed by atoms with Gasteiger partial charge in [0.05, 0.1) is 25.9 Å². The second kappa shape index (κ2) is 14.1. The molecule has 1 atom stereocenters. The molecule has 156 valence electrons. The highest BCUT2D eigenvalue weighted by Crippen LogP contribution is 2.08. The molecule has 0 fully saturated rings. The maximum Gasteiger partial charge on any atom is 0.246 e. The van der Waals surface area contributed by atoms with Crippen molar-refractivity contribution in [1.29, 1.82) is 0 Å². The van der Waals surface area contributed by atoms with Crippen molar-refractivity contribution < 1.29 is 23.9 Å². The van der Waals surface area contributed by atoms with E-state index < -0.39 is 6.04 Å². The molecule has 0 heterocycles. The highest BCUT2D eigenvalue weighted by Gasteiger charge is 2.23. The molecule has 7 nitrogen and oxygen atoms in total. The molecule has 2 N–H and O–H groups in total. The van der Waals surface area contributed by atoms with Gasteiger partial charge in [-0.05, 0) is 12.0 Å². The number of amides is 2. The average Bonchev–Trinajstić information content (AvgIpc) is 2.69. The smallest absolute Gasteiger partial charge is 0.246 e. The van der Waals surface area contributed by atoms with E-state index in [0.717, 1.165) is 5.56 Å². The van der Waals surface area contributed by atoms with Crippen molar-refractivity contribution >= 4 is 29.2 Å². The Morgan fingerprint density at radius 1 is 1.00 bits per heavy atom. The van der Waals surface area contributed by atoms with Crippen LogP contribution in [0.1, 0.15) is 19.4 Å². The Bertz CT molecular complexity index is 610. The maximum atomic E-state index is 12.4. The van der Waals surface area contributed by atoms with E-state index >= 15 is 0 Å². The molecule has 0 aromatic heterocycles. The van der Waals surface area contributed by atoms with Crippen molar-refractivity contribution in [2.75, 3.05) is 38.9 Å². The van der Waals surface area contributed by atoms with Gasteiger partial charge in [-0.2, -0.15) is 0 Å². The van der Waals surface area contributed by atoms with Crippen LogP contribution in [0.25, 0.3) is 0 Å². The lowest BCUT2D eigenvalue weighted by molar-refractivity contribution is -0.132. The molecule has 2 amide bonds. The summed E-state index contributed by atoms with van der Waals surface area (Å²) in [5, 5.41) is 5.33. The SMILES string of the molecule is CC(C)C(=O)[C@H](Cc1ccccc1)NC(=O)COCCOCCNC(=O)CCl. The molecular formula is C20H29ClN2O5. The van der Waals surface area contributed by atoms with Gasteiger partial charge in [-0.3, -0.25) is 14.4 Å². The van der Waals surface area contributed by atoms with Crippen LogP contribution in [0.2, 0.25) is 0 Å². The van der Waals surface area contributed by atoms with Crippen molar-refractivity contribution in [2.24, 2.45) is 5.92 Å². The summed E-state index contributed by atoms with van der Waals surface area (Å²) in [6.45, 7) is 4.71. The number of rotatable bonds is 14. The van der Waals surface area contributed by atoms with Gasteiger partial charge in [0, 0.05) is 12.5 Å². The molecule has 1 aromatic carbocycles. The topological polar surface area (TPSA) is 93.7 Å². The number of carbonyl (C=O) groups excluding carboxylic acids is 3. The van der Waals surface area contributed by atoms with Crippen molar-refractivity contribution in [2.45, 2.75) is 26.3 Å². The van der Waals surface area contributed by atoms with Crippen LogP contribution in [0.5, 0.6) is 0 Å². The highest BCUT2D eigenvalue weighted by molar-refractivity contribution is 6.27. The van der Waals surface area contributed by atoms with Crippen LogP contribution >= 0.6 is 11.6 Å². The zero-order valence-corrected chi connectivity index (χ0v) is 17.2. The maximum absolute atomic E-state index is 12.4. The summed E-state index contributed by atoms with van der Waals surface area (Å²) in [4.78, 5) is 35.5. The molecule has 1 rings (SSSR count). The highest BCUT2D eigenvalue weighted by atomic mass is 35.5. The fourth-order valence-electron chi connectivity index (χ4n) is 2.41. The first-order chi connectivity index (χ1) is 13.4. The Morgan fingerprint density at radius 3 is 2.32 bits per heavy atom. The molecular weight excluding hydrogens is 384 g/mol. The number of carbonyl (C=O) groups is 3. The van der Waals surface area contributed by atoms with Crippen LogP contribution in [-0.4, -0.2) is 62.5 Å². The molecule has 0 aliphatic heterocycles. The Morgan fingerprint density at radius 2 is 1.68 bits per heavy atom. The molecule has 0 aliphatic carbocycles. The van der Waals surface area contributed by atoms with Gasteiger partial charge in [0.15, 0.2) is 5.78 Å². The third kappa shape index (κ3) is 10.4. The number of nitrogens with one attached hydrogen (secondary N) is 2. The van der Waals surface area contributed by atoms with Crippen LogP contribution in [0.15, 0.2) is 30.3 Å². The molecule has 1 aromatic rings. The summed E-state index contributed by atoms with van der Waals surface area (Å²) in [5.74, 6) is -0.867. The van der Waals surface area contributed by atoms with Crippen molar-refractivity contribution in [1.82, 2.24) is 10.6 Å². The summed E-state index contributed by atoms with van der Waals surface area (Å²) in [6.07, 6.45) is 0.445. The first kappa shape index (κ1) is 24.1. The van der Waals surface area contributed by atoms with E-state index in [4.69, 9.17) is 21.1 Å². The number of benzene rings is 1. The van der Waals surface area contributed by atoms with E-state index in [9.17, 15) is 14.4 Å². The summed E-state index contributed by atoms with van der Waals surface area (Å²) < 4.78 is 10.6. The number of ether oxygens (including phenoxy) is 2. The molecule has 28 heavy (non-hydrogen) atoms. The molecule has 0 unspecified atom stereocenters. The van der Waals surface area contributed by atoms with E-state index in [2.05, 4.69) is 10.6 Å². The van der Waals surface area contributed by atoms with Crippen molar-refractivity contribution in [3.05, 3.63) is 35.9 Å². The van der Waals surface area contributed by atoms with Crippen LogP contribution in [-0.2, 0) is 30.3 Å². The first-order valence-corrected chi connectivity index (χ1v) is 9.82. The fourth-order valence-corrected chi connectivity index (χ4v) is 2.50. The van der Waals surface area contributed by atoms with E-state index in [1.165, 1.54) is 0 Å². The minimum absolute atomic E-state index is 0.0143. The number of hydrogen-bond acceptors (Lipinski definition) is 5. The van der Waals surface area contributed by atoms with Gasteiger partial charge < -0.3 is 20.1 Å². The Labute approximate surface area is 171 Å². The normalized spacial score (nSPS) is 11.9.